The first-order valence-corrected chi connectivity index (χ1v) is 4.71. The van der Waals surface area contributed by atoms with E-state index >= 15 is 0 Å². The number of carbonyl (C=O) groups is 1. The molecule has 1 aromatic heterocycles. The van der Waals surface area contributed by atoms with Crippen molar-refractivity contribution in [3.8, 4) is 6.07 Å². The molecule has 1 rings (SSSR count). The van der Waals surface area contributed by atoms with E-state index in [0.29, 0.717) is 0 Å². The van der Waals surface area contributed by atoms with Crippen LogP contribution in [0.15, 0.2) is 12.3 Å². The summed E-state index contributed by atoms with van der Waals surface area (Å²) >= 11 is 0. The minimum absolute atomic E-state index is 0.0309. The van der Waals surface area contributed by atoms with E-state index in [1.54, 1.807) is 6.07 Å². The van der Waals surface area contributed by atoms with Gasteiger partial charge in [0.05, 0.1) is 11.5 Å². The zero-order chi connectivity index (χ0) is 13.7. The number of primary amides is 1. The largest absolute Gasteiger partial charge is 0.381 e. The van der Waals surface area contributed by atoms with Gasteiger partial charge in [-0.2, -0.15) is 5.26 Å². The lowest BCUT2D eigenvalue weighted by Gasteiger charge is -2.09. The first-order valence-electron chi connectivity index (χ1n) is 4.71. The standard InChI is InChI=1S/C9H9N5O4/c10-2-5-1-6(14(17)18)3-12-9(5)13-4-7(15)8(11)16/h1,3,7,15H,4H2,(H2,11,16)(H,12,13). The number of pyridine rings is 1. The van der Waals surface area contributed by atoms with E-state index in [-0.39, 0.29) is 23.6 Å². The van der Waals surface area contributed by atoms with Gasteiger partial charge in [0.1, 0.15) is 29.8 Å². The lowest BCUT2D eigenvalue weighted by molar-refractivity contribution is -0.385. The number of hydrogen-bond donors (Lipinski definition) is 3. The van der Waals surface area contributed by atoms with Crippen LogP contribution in [0.1, 0.15) is 5.56 Å². The molecule has 0 aliphatic carbocycles. The summed E-state index contributed by atoms with van der Waals surface area (Å²) in [5, 5.41) is 30.9. The molecule has 4 N–H and O–H groups in total. The monoisotopic (exact) mass is 251 g/mol. The molecule has 0 fully saturated rings. The fourth-order valence-electron chi connectivity index (χ4n) is 1.07. The molecule has 0 aliphatic rings. The molecule has 1 aromatic rings. The molecule has 0 spiro atoms. The van der Waals surface area contributed by atoms with Crippen molar-refractivity contribution in [3.63, 3.8) is 0 Å². The molecule has 0 saturated carbocycles. The van der Waals surface area contributed by atoms with E-state index < -0.39 is 16.9 Å². The first-order chi connectivity index (χ1) is 8.45. The SMILES string of the molecule is N#Cc1cc([N+](=O)[O-])cnc1NCC(O)C(N)=O. The van der Waals surface area contributed by atoms with Crippen molar-refractivity contribution in [2.24, 2.45) is 5.73 Å². The Hall–Kier alpha value is -2.73. The van der Waals surface area contributed by atoms with Crippen LogP contribution >= 0.6 is 0 Å². The van der Waals surface area contributed by atoms with Crippen molar-refractivity contribution in [1.29, 1.82) is 5.26 Å². The molecule has 94 valence electrons. The average Bonchev–Trinajstić information content (AvgIpc) is 2.35. The molecule has 9 nitrogen and oxygen atoms in total. The molecule has 0 aromatic carbocycles. The molecule has 0 saturated heterocycles. The molecule has 1 heterocycles. The van der Waals surface area contributed by atoms with Gasteiger partial charge in [0, 0.05) is 6.07 Å². The quantitative estimate of drug-likeness (QED) is 0.453. The molecule has 0 radical (unpaired) electrons. The van der Waals surface area contributed by atoms with Crippen LogP contribution in [-0.4, -0.2) is 33.6 Å². The van der Waals surface area contributed by atoms with E-state index in [0.717, 1.165) is 12.3 Å². The van der Waals surface area contributed by atoms with E-state index in [4.69, 9.17) is 16.1 Å². The van der Waals surface area contributed by atoms with E-state index in [9.17, 15) is 14.9 Å². The third kappa shape index (κ3) is 3.13. The Morgan fingerprint density at radius 2 is 2.44 bits per heavy atom. The Morgan fingerprint density at radius 1 is 1.78 bits per heavy atom. The molecular weight excluding hydrogens is 242 g/mol. The summed E-state index contributed by atoms with van der Waals surface area (Å²) in [5.41, 5.74) is 4.44. The van der Waals surface area contributed by atoms with Crippen molar-refractivity contribution in [1.82, 2.24) is 4.98 Å². The molecule has 1 amide bonds. The second-order valence-corrected chi connectivity index (χ2v) is 3.26. The van der Waals surface area contributed by atoms with E-state index in [1.807, 2.05) is 0 Å². The third-order valence-electron chi connectivity index (χ3n) is 2.00. The Morgan fingerprint density at radius 3 is 2.94 bits per heavy atom. The Balaban J connectivity index is 2.87. The highest BCUT2D eigenvalue weighted by molar-refractivity contribution is 5.79. The van der Waals surface area contributed by atoms with Crippen LogP contribution in [0.2, 0.25) is 0 Å². The van der Waals surface area contributed by atoms with Gasteiger partial charge >= 0.3 is 0 Å². The number of nitrogens with zero attached hydrogens (tertiary/aromatic N) is 3. The number of nitriles is 1. The zero-order valence-corrected chi connectivity index (χ0v) is 9.03. The fraction of sp³-hybridized carbons (Fsp3) is 0.222. The third-order valence-corrected chi connectivity index (χ3v) is 2.00. The topological polar surface area (TPSA) is 155 Å². The number of nitrogens with two attached hydrogens (primary N) is 1. The molecule has 18 heavy (non-hydrogen) atoms. The van der Waals surface area contributed by atoms with Crippen molar-refractivity contribution in [2.45, 2.75) is 6.10 Å². The Labute approximate surface area is 101 Å². The average molecular weight is 251 g/mol. The van der Waals surface area contributed by atoms with Gasteiger partial charge in [-0.25, -0.2) is 4.98 Å². The number of nitro groups is 1. The minimum atomic E-state index is -1.44. The number of amides is 1. The van der Waals surface area contributed by atoms with Gasteiger partial charge in [-0.15, -0.1) is 0 Å². The van der Waals surface area contributed by atoms with Crippen LogP contribution in [0.3, 0.4) is 0 Å². The van der Waals surface area contributed by atoms with Gasteiger partial charge in [-0.1, -0.05) is 0 Å². The maximum absolute atomic E-state index is 10.6. The van der Waals surface area contributed by atoms with Crippen LogP contribution in [0, 0.1) is 21.4 Å². The van der Waals surface area contributed by atoms with Crippen LogP contribution in [0.4, 0.5) is 11.5 Å². The molecule has 0 bridgehead atoms. The van der Waals surface area contributed by atoms with Gasteiger partial charge in [0.25, 0.3) is 5.69 Å². The predicted octanol–water partition coefficient (Wildman–Crippen LogP) is -0.880. The van der Waals surface area contributed by atoms with Crippen LogP contribution < -0.4 is 11.1 Å². The number of aliphatic hydroxyl groups excluding tert-OH is 1. The summed E-state index contributed by atoms with van der Waals surface area (Å²) < 4.78 is 0. The lowest BCUT2D eigenvalue weighted by atomic mass is 10.2. The lowest BCUT2D eigenvalue weighted by Crippen LogP contribution is -2.34. The summed E-state index contributed by atoms with van der Waals surface area (Å²) in [6, 6.07) is 2.75. The van der Waals surface area contributed by atoms with Crippen molar-refractivity contribution in [3.05, 3.63) is 27.9 Å². The highest BCUT2D eigenvalue weighted by atomic mass is 16.6. The van der Waals surface area contributed by atoms with E-state index in [1.165, 1.54) is 0 Å². The summed E-state index contributed by atoms with van der Waals surface area (Å²) in [6.07, 6.45) is -0.478. The smallest absolute Gasteiger partial charge is 0.289 e. The highest BCUT2D eigenvalue weighted by Crippen LogP contribution is 2.17. The molecule has 9 heteroatoms. The van der Waals surface area contributed by atoms with Gasteiger partial charge in [0.15, 0.2) is 0 Å². The van der Waals surface area contributed by atoms with Crippen LogP contribution in [0.25, 0.3) is 0 Å². The first kappa shape index (κ1) is 13.3. The number of anilines is 1. The predicted molar refractivity (Wildman–Crippen MR) is 59.3 cm³/mol. The molecule has 1 atom stereocenters. The Bertz CT molecular complexity index is 524. The summed E-state index contributed by atoms with van der Waals surface area (Å²) in [4.78, 5) is 24.0. The van der Waals surface area contributed by atoms with Crippen molar-refractivity contribution >= 4 is 17.4 Å². The fourth-order valence-corrected chi connectivity index (χ4v) is 1.07. The van der Waals surface area contributed by atoms with Crippen LogP contribution in [-0.2, 0) is 4.79 Å². The van der Waals surface area contributed by atoms with Crippen molar-refractivity contribution < 1.29 is 14.8 Å². The van der Waals surface area contributed by atoms with Crippen LogP contribution in [0.5, 0.6) is 0 Å². The number of hydrogen-bond acceptors (Lipinski definition) is 7. The van der Waals surface area contributed by atoms with Crippen molar-refractivity contribution in [2.75, 3.05) is 11.9 Å². The second kappa shape index (κ2) is 5.55. The maximum atomic E-state index is 10.6. The van der Waals surface area contributed by atoms with Gasteiger partial charge in [-0.05, 0) is 0 Å². The van der Waals surface area contributed by atoms with Gasteiger partial charge in [-0.3, -0.25) is 14.9 Å². The molecule has 0 aliphatic heterocycles. The normalized spacial score (nSPS) is 11.3. The zero-order valence-electron chi connectivity index (χ0n) is 9.03. The number of nitrogens with one attached hydrogen (secondary N) is 1. The minimum Gasteiger partial charge on any atom is -0.381 e. The van der Waals surface area contributed by atoms with Gasteiger partial charge < -0.3 is 16.2 Å². The highest BCUT2D eigenvalue weighted by Gasteiger charge is 2.15. The second-order valence-electron chi connectivity index (χ2n) is 3.26. The number of carbonyl (C=O) groups excluding carboxylic acids is 1. The molecular formula is C9H9N5O4. The maximum Gasteiger partial charge on any atom is 0.289 e. The van der Waals surface area contributed by atoms with Gasteiger partial charge in [0.2, 0.25) is 5.91 Å². The summed E-state index contributed by atoms with van der Waals surface area (Å²) in [7, 11) is 0. The Kier molecular flexibility index (Phi) is 4.11. The number of aromatic nitrogens is 1. The summed E-state index contributed by atoms with van der Waals surface area (Å²) in [6.45, 7) is -0.241. The number of aliphatic hydroxyl groups is 1. The summed E-state index contributed by atoms with van der Waals surface area (Å²) in [5.74, 6) is -0.897. The molecule has 1 unspecified atom stereocenters. The number of rotatable bonds is 5. The van der Waals surface area contributed by atoms with E-state index in [2.05, 4.69) is 10.3 Å².